The second-order valence-electron chi connectivity index (χ2n) is 5.41. The van der Waals surface area contributed by atoms with Crippen LogP contribution in [0, 0.1) is 0 Å². The van der Waals surface area contributed by atoms with Crippen molar-refractivity contribution in [2.24, 2.45) is 0 Å². The molecule has 0 atom stereocenters. The number of allylic oxidation sites excluding steroid dienone is 1. The Morgan fingerprint density at radius 2 is 2.24 bits per heavy atom. The molecule has 4 heteroatoms. The Labute approximate surface area is 126 Å². The normalized spacial score (nSPS) is 14.6. The highest BCUT2D eigenvalue weighted by Gasteiger charge is 2.09. The first kappa shape index (κ1) is 15.6. The molecule has 1 aromatic carbocycles. The van der Waals surface area contributed by atoms with Gasteiger partial charge in [-0.15, -0.1) is 0 Å². The van der Waals surface area contributed by atoms with Gasteiger partial charge in [0.1, 0.15) is 5.75 Å². The van der Waals surface area contributed by atoms with Gasteiger partial charge in [-0.1, -0.05) is 11.6 Å². The minimum absolute atomic E-state index is 0.0574. The molecular weight excluding hydrogens is 264 g/mol. The SMILES string of the molecule is COc1ccc(C(=O)CNCCC2=CCCCC2)cc1N. The van der Waals surface area contributed by atoms with Crippen LogP contribution in [-0.2, 0) is 0 Å². The zero-order valence-electron chi connectivity index (χ0n) is 12.7. The van der Waals surface area contributed by atoms with Gasteiger partial charge in [-0.2, -0.15) is 0 Å². The monoisotopic (exact) mass is 288 g/mol. The van der Waals surface area contributed by atoms with E-state index in [4.69, 9.17) is 10.5 Å². The number of methoxy groups -OCH3 is 1. The quantitative estimate of drug-likeness (QED) is 0.350. The van der Waals surface area contributed by atoms with Crippen LogP contribution in [0.5, 0.6) is 5.75 Å². The minimum Gasteiger partial charge on any atom is -0.495 e. The zero-order chi connectivity index (χ0) is 15.1. The minimum atomic E-state index is 0.0574. The fourth-order valence-corrected chi connectivity index (χ4v) is 2.59. The number of nitrogens with two attached hydrogens (primary N) is 1. The Hall–Kier alpha value is -1.81. The van der Waals surface area contributed by atoms with Gasteiger partial charge < -0.3 is 15.8 Å². The molecule has 0 saturated heterocycles. The Balaban J connectivity index is 1.76. The van der Waals surface area contributed by atoms with Crippen molar-refractivity contribution >= 4 is 11.5 Å². The first-order chi connectivity index (χ1) is 10.2. The first-order valence-electron chi connectivity index (χ1n) is 7.56. The molecule has 3 N–H and O–H groups in total. The van der Waals surface area contributed by atoms with Gasteiger partial charge in [0.2, 0.25) is 0 Å². The van der Waals surface area contributed by atoms with Gasteiger partial charge in [0.05, 0.1) is 19.3 Å². The number of benzene rings is 1. The maximum Gasteiger partial charge on any atom is 0.176 e. The number of nitrogens with one attached hydrogen (secondary N) is 1. The molecule has 1 aliphatic rings. The van der Waals surface area contributed by atoms with Gasteiger partial charge in [-0.25, -0.2) is 0 Å². The zero-order valence-corrected chi connectivity index (χ0v) is 12.7. The molecule has 4 nitrogen and oxygen atoms in total. The summed E-state index contributed by atoms with van der Waals surface area (Å²) in [6.45, 7) is 1.20. The van der Waals surface area contributed by atoms with Crippen LogP contribution >= 0.6 is 0 Å². The molecule has 0 amide bonds. The number of hydrogen-bond acceptors (Lipinski definition) is 4. The average molecular weight is 288 g/mol. The molecular formula is C17H24N2O2. The second kappa shape index (κ2) is 7.84. The fraction of sp³-hybridized carbons (Fsp3) is 0.471. The first-order valence-corrected chi connectivity index (χ1v) is 7.56. The Bertz CT molecular complexity index is 524. The van der Waals surface area contributed by atoms with Crippen LogP contribution in [-0.4, -0.2) is 26.0 Å². The third-order valence-corrected chi connectivity index (χ3v) is 3.85. The lowest BCUT2D eigenvalue weighted by molar-refractivity contribution is 0.0991. The molecule has 0 fully saturated rings. The van der Waals surface area contributed by atoms with Crippen LogP contribution < -0.4 is 15.8 Å². The van der Waals surface area contributed by atoms with Crippen LogP contribution in [0.3, 0.4) is 0 Å². The predicted molar refractivity (Wildman–Crippen MR) is 85.8 cm³/mol. The maximum atomic E-state index is 12.1. The van der Waals surface area contributed by atoms with Crippen LogP contribution in [0.1, 0.15) is 42.5 Å². The van der Waals surface area contributed by atoms with Crippen molar-refractivity contribution in [1.29, 1.82) is 0 Å². The van der Waals surface area contributed by atoms with E-state index in [9.17, 15) is 4.79 Å². The van der Waals surface area contributed by atoms with Crippen molar-refractivity contribution in [2.45, 2.75) is 32.1 Å². The standard InChI is InChI=1S/C17H24N2O2/c1-21-17-8-7-14(11-15(17)18)16(20)12-19-10-9-13-5-3-2-4-6-13/h5,7-8,11,19H,2-4,6,9-10,12,18H2,1H3. The van der Waals surface area contributed by atoms with E-state index in [-0.39, 0.29) is 5.78 Å². The number of carbonyl (C=O) groups is 1. The van der Waals surface area contributed by atoms with E-state index in [1.807, 2.05) is 0 Å². The van der Waals surface area contributed by atoms with E-state index >= 15 is 0 Å². The van der Waals surface area contributed by atoms with Gasteiger partial charge in [-0.3, -0.25) is 4.79 Å². The van der Waals surface area contributed by atoms with E-state index < -0.39 is 0 Å². The maximum absolute atomic E-state index is 12.1. The van der Waals surface area contributed by atoms with Crippen molar-refractivity contribution in [1.82, 2.24) is 5.32 Å². The molecule has 0 unspecified atom stereocenters. The lowest BCUT2D eigenvalue weighted by Gasteiger charge is -2.12. The van der Waals surface area contributed by atoms with E-state index in [2.05, 4.69) is 11.4 Å². The summed E-state index contributed by atoms with van der Waals surface area (Å²) in [4.78, 5) is 12.1. The molecule has 114 valence electrons. The van der Waals surface area contributed by atoms with Gasteiger partial charge in [0.15, 0.2) is 5.78 Å². The Kier molecular flexibility index (Phi) is 5.81. The number of anilines is 1. The van der Waals surface area contributed by atoms with E-state index in [0.29, 0.717) is 23.5 Å². The van der Waals surface area contributed by atoms with Crippen molar-refractivity contribution in [3.8, 4) is 5.75 Å². The van der Waals surface area contributed by atoms with E-state index in [1.54, 1.807) is 25.3 Å². The molecule has 0 spiro atoms. The van der Waals surface area contributed by atoms with Gasteiger partial charge in [0.25, 0.3) is 0 Å². The van der Waals surface area contributed by atoms with Crippen LogP contribution in [0.25, 0.3) is 0 Å². The number of carbonyl (C=O) groups excluding carboxylic acids is 1. The van der Waals surface area contributed by atoms with Crippen molar-refractivity contribution in [2.75, 3.05) is 25.9 Å². The molecule has 0 aliphatic heterocycles. The lowest BCUT2D eigenvalue weighted by atomic mass is 9.97. The number of hydrogen-bond donors (Lipinski definition) is 2. The predicted octanol–water partition coefficient (Wildman–Crippen LogP) is 2.94. The fourth-order valence-electron chi connectivity index (χ4n) is 2.59. The smallest absolute Gasteiger partial charge is 0.176 e. The largest absolute Gasteiger partial charge is 0.495 e. The molecule has 0 bridgehead atoms. The van der Waals surface area contributed by atoms with E-state index in [1.165, 1.54) is 31.3 Å². The van der Waals surface area contributed by atoms with Crippen molar-refractivity contribution in [3.63, 3.8) is 0 Å². The summed E-state index contributed by atoms with van der Waals surface area (Å²) in [5.74, 6) is 0.658. The summed E-state index contributed by atoms with van der Waals surface area (Å²) in [5, 5.41) is 3.22. The summed E-state index contributed by atoms with van der Waals surface area (Å²) in [6, 6.07) is 5.16. The Morgan fingerprint density at radius 1 is 1.38 bits per heavy atom. The number of nitrogen functional groups attached to an aromatic ring is 1. The van der Waals surface area contributed by atoms with Crippen molar-refractivity contribution in [3.05, 3.63) is 35.4 Å². The number of ketones is 1. The van der Waals surface area contributed by atoms with Crippen LogP contribution in [0.4, 0.5) is 5.69 Å². The molecule has 0 saturated carbocycles. The lowest BCUT2D eigenvalue weighted by Crippen LogP contribution is -2.24. The van der Waals surface area contributed by atoms with Gasteiger partial charge in [0, 0.05) is 5.56 Å². The summed E-state index contributed by atoms with van der Waals surface area (Å²) in [5.41, 5.74) is 8.46. The summed E-state index contributed by atoms with van der Waals surface area (Å²) < 4.78 is 5.09. The summed E-state index contributed by atoms with van der Waals surface area (Å²) >= 11 is 0. The van der Waals surface area contributed by atoms with E-state index in [0.717, 1.165) is 13.0 Å². The third kappa shape index (κ3) is 4.60. The average Bonchev–Trinajstić information content (AvgIpc) is 2.52. The molecule has 1 aromatic rings. The number of rotatable bonds is 7. The third-order valence-electron chi connectivity index (χ3n) is 3.85. The molecule has 0 aromatic heterocycles. The summed E-state index contributed by atoms with van der Waals surface area (Å²) in [7, 11) is 1.56. The topological polar surface area (TPSA) is 64.3 Å². The molecule has 1 aliphatic carbocycles. The highest BCUT2D eigenvalue weighted by Crippen LogP contribution is 2.22. The Morgan fingerprint density at radius 3 is 2.90 bits per heavy atom. The molecule has 2 rings (SSSR count). The highest BCUT2D eigenvalue weighted by atomic mass is 16.5. The number of Topliss-reactive ketones (excluding diaryl/α,β-unsaturated/α-hetero) is 1. The molecule has 0 heterocycles. The molecule has 21 heavy (non-hydrogen) atoms. The number of ether oxygens (including phenoxy) is 1. The van der Waals surface area contributed by atoms with Crippen molar-refractivity contribution < 1.29 is 9.53 Å². The van der Waals surface area contributed by atoms with Crippen LogP contribution in [0.15, 0.2) is 29.8 Å². The molecule has 0 radical (unpaired) electrons. The highest BCUT2D eigenvalue weighted by molar-refractivity contribution is 5.98. The van der Waals surface area contributed by atoms with Crippen LogP contribution in [0.2, 0.25) is 0 Å². The summed E-state index contributed by atoms with van der Waals surface area (Å²) in [6.07, 6.45) is 8.42. The van der Waals surface area contributed by atoms with Gasteiger partial charge >= 0.3 is 0 Å². The van der Waals surface area contributed by atoms with Gasteiger partial charge in [-0.05, 0) is 56.8 Å². The second-order valence-corrected chi connectivity index (χ2v) is 5.41.